The number of carbonyl (C=O) groups is 1. The molecule has 1 aromatic rings. The smallest absolute Gasteiger partial charge is 0.267 e. The predicted octanol–water partition coefficient (Wildman–Crippen LogP) is 1.58. The fourth-order valence-electron chi connectivity index (χ4n) is 3.26. The molecule has 2 aliphatic carbocycles. The third-order valence-corrected chi connectivity index (χ3v) is 4.12. The molecule has 1 saturated carbocycles. The Kier molecular flexibility index (Phi) is 2.06. The Morgan fingerprint density at radius 3 is 3.12 bits per heavy atom. The van der Waals surface area contributed by atoms with Crippen LogP contribution in [0.4, 0.5) is 0 Å². The highest BCUT2D eigenvalue weighted by Crippen LogP contribution is 2.63. The third kappa shape index (κ3) is 1.22. The van der Waals surface area contributed by atoms with Gasteiger partial charge in [0.25, 0.3) is 5.91 Å². The molecule has 3 rings (SSSR count). The Labute approximate surface area is 94.6 Å². The zero-order valence-electron chi connectivity index (χ0n) is 9.49. The molecule has 16 heavy (non-hydrogen) atoms. The van der Waals surface area contributed by atoms with Gasteiger partial charge in [-0.15, -0.1) is 0 Å². The number of hydrogen-bond donors (Lipinski definition) is 2. The van der Waals surface area contributed by atoms with Crippen LogP contribution in [0, 0.1) is 11.8 Å². The molecule has 86 valence electrons. The first kappa shape index (κ1) is 9.87. The van der Waals surface area contributed by atoms with Crippen LogP contribution in [0.3, 0.4) is 0 Å². The molecule has 0 bridgehead atoms. The van der Waals surface area contributed by atoms with Crippen molar-refractivity contribution in [3.05, 3.63) is 17.0 Å². The molecule has 0 spiro atoms. The minimum absolute atomic E-state index is 0.375. The van der Waals surface area contributed by atoms with E-state index in [9.17, 15) is 4.79 Å². The van der Waals surface area contributed by atoms with E-state index in [-0.39, 0.29) is 5.91 Å². The molecule has 0 aromatic carbocycles. The van der Waals surface area contributed by atoms with Crippen molar-refractivity contribution in [1.82, 2.24) is 10.2 Å². The number of H-pyrrole nitrogens is 1. The average Bonchev–Trinajstić information content (AvgIpc) is 2.60. The highest BCUT2D eigenvalue weighted by atomic mass is 16.1. The Morgan fingerprint density at radius 2 is 2.44 bits per heavy atom. The predicted molar refractivity (Wildman–Crippen MR) is 60.1 cm³/mol. The first-order valence-electron chi connectivity index (χ1n) is 6.11. The van der Waals surface area contributed by atoms with Crippen LogP contribution >= 0.6 is 0 Å². The zero-order chi connectivity index (χ0) is 11.3. The molecule has 3 atom stereocenters. The Bertz CT molecular complexity index is 437. The maximum atomic E-state index is 11.1. The summed E-state index contributed by atoms with van der Waals surface area (Å²) in [4.78, 5) is 11.1. The zero-order valence-corrected chi connectivity index (χ0v) is 9.49. The Morgan fingerprint density at radius 1 is 1.62 bits per heavy atom. The summed E-state index contributed by atoms with van der Waals surface area (Å²) in [6.07, 6.45) is 4.88. The lowest BCUT2D eigenvalue weighted by Crippen LogP contribution is -2.14. The van der Waals surface area contributed by atoms with Gasteiger partial charge in [-0.3, -0.25) is 9.89 Å². The van der Waals surface area contributed by atoms with Crippen LogP contribution in [0.5, 0.6) is 0 Å². The minimum atomic E-state index is -0.375. The molecule has 1 aromatic heterocycles. The van der Waals surface area contributed by atoms with Gasteiger partial charge in [-0.2, -0.15) is 5.10 Å². The highest BCUT2D eigenvalue weighted by molar-refractivity contribution is 5.92. The molecule has 1 amide bonds. The van der Waals surface area contributed by atoms with Gasteiger partial charge in [0.15, 0.2) is 0 Å². The van der Waals surface area contributed by atoms with Crippen molar-refractivity contribution in [2.24, 2.45) is 17.6 Å². The lowest BCUT2D eigenvalue weighted by molar-refractivity contribution is 0.0994. The van der Waals surface area contributed by atoms with E-state index in [2.05, 4.69) is 17.1 Å². The fraction of sp³-hybridized carbons (Fsp3) is 0.667. The lowest BCUT2D eigenvalue weighted by Gasteiger charge is -2.02. The van der Waals surface area contributed by atoms with Crippen LogP contribution in [-0.2, 0) is 6.42 Å². The largest absolute Gasteiger partial charge is 0.364 e. The van der Waals surface area contributed by atoms with Gasteiger partial charge in [-0.1, -0.05) is 19.8 Å². The molecule has 0 unspecified atom stereocenters. The summed E-state index contributed by atoms with van der Waals surface area (Å²) in [6, 6.07) is 0. The van der Waals surface area contributed by atoms with E-state index in [1.54, 1.807) is 0 Å². The molecular formula is C12H17N3O. The minimum Gasteiger partial charge on any atom is -0.364 e. The van der Waals surface area contributed by atoms with Crippen molar-refractivity contribution >= 4 is 5.91 Å². The molecule has 1 heterocycles. The van der Waals surface area contributed by atoms with E-state index < -0.39 is 0 Å². The maximum Gasteiger partial charge on any atom is 0.267 e. The van der Waals surface area contributed by atoms with Gasteiger partial charge in [0.2, 0.25) is 0 Å². The van der Waals surface area contributed by atoms with E-state index in [0.29, 0.717) is 11.6 Å². The van der Waals surface area contributed by atoms with Crippen molar-refractivity contribution in [2.45, 2.75) is 38.5 Å². The first-order valence-corrected chi connectivity index (χ1v) is 6.11. The summed E-state index contributed by atoms with van der Waals surface area (Å²) in [6.45, 7) is 2.23. The van der Waals surface area contributed by atoms with Crippen molar-refractivity contribution < 1.29 is 4.79 Å². The summed E-state index contributed by atoms with van der Waals surface area (Å²) in [7, 11) is 0. The van der Waals surface area contributed by atoms with Crippen LogP contribution in [0.15, 0.2) is 0 Å². The number of unbranched alkanes of at least 4 members (excludes halogenated alkanes) is 1. The molecule has 0 aliphatic heterocycles. The first-order chi connectivity index (χ1) is 7.74. The van der Waals surface area contributed by atoms with Gasteiger partial charge in [0, 0.05) is 11.5 Å². The average molecular weight is 219 g/mol. The quantitative estimate of drug-likeness (QED) is 0.807. The van der Waals surface area contributed by atoms with E-state index in [1.165, 1.54) is 19.3 Å². The molecular weight excluding hydrogens is 202 g/mol. The summed E-state index contributed by atoms with van der Waals surface area (Å²) >= 11 is 0. The van der Waals surface area contributed by atoms with Crippen molar-refractivity contribution in [1.29, 1.82) is 0 Å². The van der Waals surface area contributed by atoms with Gasteiger partial charge in [-0.25, -0.2) is 0 Å². The second kappa shape index (κ2) is 3.34. The fourth-order valence-corrected chi connectivity index (χ4v) is 3.26. The van der Waals surface area contributed by atoms with Gasteiger partial charge in [0.1, 0.15) is 5.69 Å². The van der Waals surface area contributed by atoms with E-state index in [4.69, 9.17) is 5.73 Å². The second-order valence-electron chi connectivity index (χ2n) is 5.03. The van der Waals surface area contributed by atoms with E-state index >= 15 is 0 Å². The van der Waals surface area contributed by atoms with Gasteiger partial charge in [0.05, 0.1) is 5.69 Å². The standard InChI is InChI=1S/C12H17N3O/c1-2-3-4-6-7-5-8-10(9(6)7)14-15-11(8)12(13)16/h6-7,9H,2-5H2,1H3,(H2,13,16)(H,14,15)/t6-,7-,9+/m0/s1. The number of aromatic nitrogens is 2. The molecule has 0 saturated heterocycles. The third-order valence-electron chi connectivity index (χ3n) is 4.12. The number of nitrogens with two attached hydrogens (primary N) is 1. The highest BCUT2D eigenvalue weighted by Gasteiger charge is 2.57. The maximum absolute atomic E-state index is 11.1. The molecule has 4 nitrogen and oxygen atoms in total. The molecule has 1 fully saturated rings. The SMILES string of the molecule is CCCC[C@H]1[C@@H]2Cc3c(n[nH]c3C(N)=O)[C@H]12. The van der Waals surface area contributed by atoms with Crippen LogP contribution in [-0.4, -0.2) is 16.1 Å². The van der Waals surface area contributed by atoms with Gasteiger partial charge >= 0.3 is 0 Å². The normalized spacial score (nSPS) is 29.9. The summed E-state index contributed by atoms with van der Waals surface area (Å²) in [5.74, 6) is 1.80. The monoisotopic (exact) mass is 219 g/mol. The molecule has 4 heteroatoms. The number of aromatic amines is 1. The number of primary amides is 1. The summed E-state index contributed by atoms with van der Waals surface area (Å²) in [5.41, 5.74) is 8.05. The number of fused-ring (bicyclic) bond motifs is 3. The van der Waals surface area contributed by atoms with Crippen molar-refractivity contribution in [2.75, 3.05) is 0 Å². The number of carbonyl (C=O) groups excluding carboxylic acids is 1. The number of rotatable bonds is 4. The molecule has 3 N–H and O–H groups in total. The number of nitrogens with zero attached hydrogens (tertiary/aromatic N) is 1. The van der Waals surface area contributed by atoms with E-state index in [1.807, 2.05) is 0 Å². The van der Waals surface area contributed by atoms with Crippen LogP contribution in [0.2, 0.25) is 0 Å². The van der Waals surface area contributed by atoms with Gasteiger partial charge < -0.3 is 5.73 Å². The van der Waals surface area contributed by atoms with Crippen LogP contribution in [0.25, 0.3) is 0 Å². The topological polar surface area (TPSA) is 71.8 Å². The molecule has 0 radical (unpaired) electrons. The van der Waals surface area contributed by atoms with Crippen LogP contribution in [0.1, 0.15) is 53.8 Å². The van der Waals surface area contributed by atoms with Crippen molar-refractivity contribution in [3.63, 3.8) is 0 Å². The second-order valence-corrected chi connectivity index (χ2v) is 5.03. The van der Waals surface area contributed by atoms with Crippen molar-refractivity contribution in [3.8, 4) is 0 Å². The summed E-state index contributed by atoms with van der Waals surface area (Å²) < 4.78 is 0. The van der Waals surface area contributed by atoms with Gasteiger partial charge in [-0.05, 0) is 24.7 Å². The summed E-state index contributed by atoms with van der Waals surface area (Å²) in [5, 5.41) is 7.06. The van der Waals surface area contributed by atoms with Crippen LogP contribution < -0.4 is 5.73 Å². The Balaban J connectivity index is 1.78. The number of amides is 1. The number of hydrogen-bond acceptors (Lipinski definition) is 2. The number of nitrogens with one attached hydrogen (secondary N) is 1. The van der Waals surface area contributed by atoms with E-state index in [0.717, 1.165) is 29.5 Å². The Hall–Kier alpha value is -1.32. The molecule has 2 aliphatic rings. The lowest BCUT2D eigenvalue weighted by atomic mass is 10.0.